The average molecular weight is 356 g/mol. The molecule has 2 aromatic rings. The van der Waals surface area contributed by atoms with Crippen molar-refractivity contribution in [2.45, 2.75) is 38.9 Å². The van der Waals surface area contributed by atoms with Gasteiger partial charge in [0.1, 0.15) is 5.60 Å². The van der Waals surface area contributed by atoms with Crippen molar-refractivity contribution in [1.82, 2.24) is 4.90 Å². The SMILES string of the molecule is CC(C)(C)OC(=O)N(CCc1ccccc1)CC(O)c1ccc(N)cc1. The molecule has 0 aliphatic rings. The number of nitrogens with two attached hydrogens (primary N) is 1. The minimum atomic E-state index is -0.807. The first-order valence-corrected chi connectivity index (χ1v) is 8.80. The monoisotopic (exact) mass is 356 g/mol. The number of carbonyl (C=O) groups excluding carboxylic acids is 1. The quantitative estimate of drug-likeness (QED) is 0.772. The predicted molar refractivity (Wildman–Crippen MR) is 104 cm³/mol. The van der Waals surface area contributed by atoms with Gasteiger partial charge >= 0.3 is 6.09 Å². The average Bonchev–Trinajstić information content (AvgIpc) is 2.58. The van der Waals surface area contributed by atoms with Gasteiger partial charge in [0.15, 0.2) is 0 Å². The molecule has 0 bridgehead atoms. The number of aliphatic hydroxyl groups excluding tert-OH is 1. The van der Waals surface area contributed by atoms with Gasteiger partial charge in [-0.15, -0.1) is 0 Å². The van der Waals surface area contributed by atoms with Crippen molar-refractivity contribution < 1.29 is 14.6 Å². The lowest BCUT2D eigenvalue weighted by Gasteiger charge is -2.29. The van der Waals surface area contributed by atoms with E-state index in [9.17, 15) is 9.90 Å². The van der Waals surface area contributed by atoms with Gasteiger partial charge in [-0.05, 0) is 50.5 Å². The van der Waals surface area contributed by atoms with Crippen LogP contribution in [0.4, 0.5) is 10.5 Å². The Morgan fingerprint density at radius 2 is 1.73 bits per heavy atom. The van der Waals surface area contributed by atoms with Crippen LogP contribution < -0.4 is 5.73 Å². The van der Waals surface area contributed by atoms with E-state index in [1.807, 2.05) is 51.1 Å². The summed E-state index contributed by atoms with van der Waals surface area (Å²) in [6.45, 7) is 6.11. The summed E-state index contributed by atoms with van der Waals surface area (Å²) in [6, 6.07) is 16.9. The minimum Gasteiger partial charge on any atom is -0.444 e. The maximum Gasteiger partial charge on any atom is 0.410 e. The highest BCUT2D eigenvalue weighted by atomic mass is 16.6. The van der Waals surface area contributed by atoms with Crippen LogP contribution in [0.1, 0.15) is 38.0 Å². The Hall–Kier alpha value is -2.53. The number of nitrogens with zero attached hydrogens (tertiary/aromatic N) is 1. The molecule has 0 aliphatic carbocycles. The molecule has 0 saturated heterocycles. The van der Waals surface area contributed by atoms with E-state index in [2.05, 4.69) is 0 Å². The zero-order valence-electron chi connectivity index (χ0n) is 15.7. The van der Waals surface area contributed by atoms with Crippen LogP contribution in [-0.4, -0.2) is 34.8 Å². The lowest BCUT2D eigenvalue weighted by molar-refractivity contribution is 0.0147. The van der Waals surface area contributed by atoms with Crippen LogP contribution >= 0.6 is 0 Å². The van der Waals surface area contributed by atoms with Crippen LogP contribution in [0.15, 0.2) is 54.6 Å². The van der Waals surface area contributed by atoms with Gasteiger partial charge in [-0.25, -0.2) is 4.79 Å². The van der Waals surface area contributed by atoms with Crippen molar-refractivity contribution in [2.24, 2.45) is 0 Å². The number of carbonyl (C=O) groups is 1. The first-order valence-electron chi connectivity index (χ1n) is 8.80. The molecule has 0 spiro atoms. The Labute approximate surface area is 155 Å². The molecule has 1 amide bonds. The van der Waals surface area contributed by atoms with Crippen LogP contribution in [-0.2, 0) is 11.2 Å². The molecule has 140 valence electrons. The molecule has 0 saturated carbocycles. The maximum absolute atomic E-state index is 12.6. The van der Waals surface area contributed by atoms with Crippen LogP contribution in [0.5, 0.6) is 0 Å². The van der Waals surface area contributed by atoms with Crippen LogP contribution in [0.25, 0.3) is 0 Å². The highest BCUT2D eigenvalue weighted by Gasteiger charge is 2.24. The van der Waals surface area contributed by atoms with E-state index >= 15 is 0 Å². The van der Waals surface area contributed by atoms with Crippen molar-refractivity contribution in [3.63, 3.8) is 0 Å². The van der Waals surface area contributed by atoms with Crippen LogP contribution in [0, 0.1) is 0 Å². The number of rotatable bonds is 6. The zero-order chi connectivity index (χ0) is 19.2. The largest absolute Gasteiger partial charge is 0.444 e. The second-order valence-corrected chi connectivity index (χ2v) is 7.34. The fourth-order valence-corrected chi connectivity index (χ4v) is 2.52. The first kappa shape index (κ1) is 19.8. The van der Waals surface area contributed by atoms with Crippen molar-refractivity contribution in [3.05, 3.63) is 65.7 Å². The molecule has 2 rings (SSSR count). The summed E-state index contributed by atoms with van der Waals surface area (Å²) in [4.78, 5) is 14.1. The highest BCUT2D eigenvalue weighted by molar-refractivity contribution is 5.68. The first-order chi connectivity index (χ1) is 12.2. The van der Waals surface area contributed by atoms with E-state index in [1.165, 1.54) is 0 Å². The molecule has 3 N–H and O–H groups in total. The third-order valence-electron chi connectivity index (χ3n) is 3.88. The van der Waals surface area contributed by atoms with Gasteiger partial charge in [-0.2, -0.15) is 0 Å². The zero-order valence-corrected chi connectivity index (χ0v) is 15.7. The van der Waals surface area contributed by atoms with E-state index < -0.39 is 17.8 Å². The standard InChI is InChI=1S/C21H28N2O3/c1-21(2,3)26-20(25)23(14-13-16-7-5-4-6-8-16)15-19(24)17-9-11-18(22)12-10-17/h4-12,19,24H,13-15,22H2,1-3H3. The number of ether oxygens (including phenoxy) is 1. The Bertz CT molecular complexity index is 693. The molecular formula is C21H28N2O3. The van der Waals surface area contributed by atoms with Crippen molar-refractivity contribution in [3.8, 4) is 0 Å². The summed E-state index contributed by atoms with van der Waals surface area (Å²) < 4.78 is 5.50. The van der Waals surface area contributed by atoms with Gasteiger partial charge in [-0.1, -0.05) is 42.5 Å². The Balaban J connectivity index is 2.08. The molecule has 0 radical (unpaired) electrons. The summed E-state index contributed by atoms with van der Waals surface area (Å²) in [7, 11) is 0. The second kappa shape index (κ2) is 8.72. The lowest BCUT2D eigenvalue weighted by atomic mass is 10.1. The molecule has 0 fully saturated rings. The minimum absolute atomic E-state index is 0.158. The number of anilines is 1. The van der Waals surface area contributed by atoms with Gasteiger partial charge in [0.2, 0.25) is 0 Å². The molecule has 0 aromatic heterocycles. The van der Waals surface area contributed by atoms with Crippen molar-refractivity contribution in [2.75, 3.05) is 18.8 Å². The molecule has 1 unspecified atom stereocenters. The molecule has 0 aliphatic heterocycles. The Kier molecular flexibility index (Phi) is 6.64. The van der Waals surface area contributed by atoms with Gasteiger partial charge in [0, 0.05) is 12.2 Å². The molecule has 5 heteroatoms. The van der Waals surface area contributed by atoms with Crippen molar-refractivity contribution in [1.29, 1.82) is 0 Å². The van der Waals surface area contributed by atoms with Crippen LogP contribution in [0.3, 0.4) is 0 Å². The number of aliphatic hydroxyl groups is 1. The third-order valence-corrected chi connectivity index (χ3v) is 3.88. The van der Waals surface area contributed by atoms with Gasteiger partial charge in [0.05, 0.1) is 12.6 Å². The normalized spacial score (nSPS) is 12.5. The molecule has 5 nitrogen and oxygen atoms in total. The second-order valence-electron chi connectivity index (χ2n) is 7.34. The summed E-state index contributed by atoms with van der Waals surface area (Å²) in [5.41, 5.74) is 7.58. The van der Waals surface area contributed by atoms with Gasteiger partial charge < -0.3 is 20.5 Å². The summed E-state index contributed by atoms with van der Waals surface area (Å²) in [5.74, 6) is 0. The van der Waals surface area contributed by atoms with Crippen molar-refractivity contribution >= 4 is 11.8 Å². The van der Waals surface area contributed by atoms with E-state index in [0.29, 0.717) is 24.2 Å². The molecule has 26 heavy (non-hydrogen) atoms. The molecule has 2 aromatic carbocycles. The van der Waals surface area contributed by atoms with E-state index in [4.69, 9.17) is 10.5 Å². The lowest BCUT2D eigenvalue weighted by Crippen LogP contribution is -2.40. The van der Waals surface area contributed by atoms with Gasteiger partial charge in [-0.3, -0.25) is 0 Å². The predicted octanol–water partition coefficient (Wildman–Crippen LogP) is 3.78. The topological polar surface area (TPSA) is 75.8 Å². The number of amides is 1. The summed E-state index contributed by atoms with van der Waals surface area (Å²) >= 11 is 0. The third kappa shape index (κ3) is 6.41. The van der Waals surface area contributed by atoms with E-state index in [0.717, 1.165) is 5.56 Å². The molecular weight excluding hydrogens is 328 g/mol. The van der Waals surface area contributed by atoms with Gasteiger partial charge in [0.25, 0.3) is 0 Å². The Morgan fingerprint density at radius 3 is 2.31 bits per heavy atom. The highest BCUT2D eigenvalue weighted by Crippen LogP contribution is 2.18. The van der Waals surface area contributed by atoms with Crippen LogP contribution in [0.2, 0.25) is 0 Å². The number of nitrogen functional groups attached to an aromatic ring is 1. The Morgan fingerprint density at radius 1 is 1.12 bits per heavy atom. The summed E-state index contributed by atoms with van der Waals surface area (Å²) in [6.07, 6.45) is -0.545. The number of hydrogen-bond donors (Lipinski definition) is 2. The fourth-order valence-electron chi connectivity index (χ4n) is 2.52. The van der Waals surface area contributed by atoms with E-state index in [1.54, 1.807) is 29.2 Å². The molecule has 0 heterocycles. The van der Waals surface area contributed by atoms with E-state index in [-0.39, 0.29) is 6.54 Å². The molecule has 1 atom stereocenters. The number of hydrogen-bond acceptors (Lipinski definition) is 4. The summed E-state index contributed by atoms with van der Waals surface area (Å²) in [5, 5.41) is 10.5. The number of benzene rings is 2. The maximum atomic E-state index is 12.6. The fraction of sp³-hybridized carbons (Fsp3) is 0.381. The smallest absolute Gasteiger partial charge is 0.410 e.